The Bertz CT molecular complexity index is 786. The van der Waals surface area contributed by atoms with Crippen LogP contribution in [0.25, 0.3) is 10.9 Å². The highest BCUT2D eigenvalue weighted by Gasteiger charge is 2.25. The number of aromatic nitrogens is 3. The Balaban J connectivity index is 2.19. The first-order chi connectivity index (χ1) is 10.9. The van der Waals surface area contributed by atoms with E-state index in [2.05, 4.69) is 15.6 Å². The summed E-state index contributed by atoms with van der Waals surface area (Å²) in [6.07, 6.45) is 0.604. The van der Waals surface area contributed by atoms with E-state index in [1.807, 2.05) is 6.92 Å². The van der Waals surface area contributed by atoms with Gasteiger partial charge in [0.1, 0.15) is 18.1 Å². The van der Waals surface area contributed by atoms with Gasteiger partial charge in [-0.3, -0.25) is 9.59 Å². The van der Waals surface area contributed by atoms with E-state index in [4.69, 9.17) is 0 Å². The van der Waals surface area contributed by atoms with Crippen molar-refractivity contribution >= 4 is 22.8 Å². The zero-order valence-corrected chi connectivity index (χ0v) is 12.9. The lowest BCUT2D eigenvalue weighted by Gasteiger charge is -2.20. The number of carbonyl (C=O) groups excluding carboxylic acids is 1. The zero-order valence-electron chi connectivity index (χ0n) is 12.9. The number of carboxylic acid groups (broad SMARTS) is 1. The second-order valence-corrected chi connectivity index (χ2v) is 5.34. The molecule has 0 radical (unpaired) electrons. The van der Waals surface area contributed by atoms with Crippen molar-refractivity contribution in [2.24, 2.45) is 5.92 Å². The second-order valence-electron chi connectivity index (χ2n) is 5.34. The maximum absolute atomic E-state index is 12.2. The summed E-state index contributed by atoms with van der Waals surface area (Å²) in [7, 11) is 0. The highest BCUT2D eigenvalue weighted by Crippen LogP contribution is 2.08. The lowest BCUT2D eigenvalue weighted by Crippen LogP contribution is -2.47. The Morgan fingerprint density at radius 3 is 2.70 bits per heavy atom. The summed E-state index contributed by atoms with van der Waals surface area (Å²) in [6.45, 7) is 3.20. The van der Waals surface area contributed by atoms with Gasteiger partial charge in [0.05, 0.1) is 5.39 Å². The van der Waals surface area contributed by atoms with E-state index >= 15 is 0 Å². The van der Waals surface area contributed by atoms with Crippen LogP contribution >= 0.6 is 0 Å². The molecule has 8 heteroatoms. The van der Waals surface area contributed by atoms with Gasteiger partial charge in [-0.1, -0.05) is 37.6 Å². The number of carboxylic acids is 1. The molecule has 0 bridgehead atoms. The molecule has 1 aromatic carbocycles. The molecule has 0 saturated heterocycles. The number of fused-ring (bicyclic) bond motifs is 1. The average Bonchev–Trinajstić information content (AvgIpc) is 2.54. The summed E-state index contributed by atoms with van der Waals surface area (Å²) in [4.78, 5) is 35.5. The van der Waals surface area contributed by atoms with Gasteiger partial charge >= 0.3 is 5.97 Å². The van der Waals surface area contributed by atoms with Crippen molar-refractivity contribution < 1.29 is 14.7 Å². The molecular weight excluding hydrogens is 300 g/mol. The Kier molecular flexibility index (Phi) is 5.05. The van der Waals surface area contributed by atoms with Gasteiger partial charge in [-0.15, -0.1) is 5.10 Å². The second kappa shape index (κ2) is 6.99. The van der Waals surface area contributed by atoms with Crippen LogP contribution in [0.4, 0.5) is 0 Å². The number of hydrogen-bond acceptors (Lipinski definition) is 5. The van der Waals surface area contributed by atoms with E-state index < -0.39 is 23.5 Å². The highest BCUT2D eigenvalue weighted by molar-refractivity contribution is 5.84. The van der Waals surface area contributed by atoms with Gasteiger partial charge in [-0.2, -0.15) is 0 Å². The minimum absolute atomic E-state index is 0.226. The van der Waals surface area contributed by atoms with Crippen LogP contribution in [0.1, 0.15) is 20.3 Å². The number of aliphatic carboxylic acids is 1. The van der Waals surface area contributed by atoms with Crippen LogP contribution in [0.5, 0.6) is 0 Å². The molecular formula is C15H18N4O4. The fourth-order valence-corrected chi connectivity index (χ4v) is 2.17. The van der Waals surface area contributed by atoms with Crippen LogP contribution in [0.15, 0.2) is 29.1 Å². The number of carbonyl (C=O) groups is 2. The van der Waals surface area contributed by atoms with E-state index in [-0.39, 0.29) is 12.5 Å². The minimum atomic E-state index is -1.11. The maximum atomic E-state index is 12.2. The van der Waals surface area contributed by atoms with Crippen LogP contribution in [0.2, 0.25) is 0 Å². The molecule has 2 unspecified atom stereocenters. The van der Waals surface area contributed by atoms with Gasteiger partial charge < -0.3 is 10.4 Å². The molecule has 1 amide bonds. The summed E-state index contributed by atoms with van der Waals surface area (Å²) >= 11 is 0. The maximum Gasteiger partial charge on any atom is 0.326 e. The molecule has 1 heterocycles. The first-order valence-corrected chi connectivity index (χ1v) is 7.28. The molecule has 2 atom stereocenters. The molecule has 0 aliphatic heterocycles. The number of rotatable bonds is 6. The van der Waals surface area contributed by atoms with Crippen LogP contribution in [0.3, 0.4) is 0 Å². The van der Waals surface area contributed by atoms with Crippen molar-refractivity contribution in [3.8, 4) is 0 Å². The SMILES string of the molecule is CCC(C)C(NC(=O)Cn1nnc2ccccc2c1=O)C(=O)O. The van der Waals surface area contributed by atoms with Gasteiger partial charge in [0.15, 0.2) is 0 Å². The Hall–Kier alpha value is -2.77. The lowest BCUT2D eigenvalue weighted by molar-refractivity contribution is -0.143. The quantitative estimate of drug-likeness (QED) is 0.797. The standard InChI is InChI=1S/C15H18N4O4/c1-3-9(2)13(15(22)23)16-12(20)8-19-14(21)10-6-4-5-7-11(10)17-18-19/h4-7,9,13H,3,8H2,1-2H3,(H,16,20)(H,22,23). The van der Waals surface area contributed by atoms with Crippen molar-refractivity contribution in [2.45, 2.75) is 32.9 Å². The monoisotopic (exact) mass is 318 g/mol. The van der Waals surface area contributed by atoms with Crippen molar-refractivity contribution in [3.63, 3.8) is 0 Å². The number of nitrogens with zero attached hydrogens (tertiary/aromatic N) is 3. The largest absolute Gasteiger partial charge is 0.480 e. The van der Waals surface area contributed by atoms with Crippen molar-refractivity contribution in [2.75, 3.05) is 0 Å². The normalized spacial score (nSPS) is 13.5. The number of nitrogens with one attached hydrogen (secondary N) is 1. The third kappa shape index (κ3) is 3.71. The Labute approximate surface area is 132 Å². The lowest BCUT2D eigenvalue weighted by atomic mass is 9.99. The van der Waals surface area contributed by atoms with E-state index in [0.717, 1.165) is 4.68 Å². The van der Waals surface area contributed by atoms with Gasteiger partial charge in [0.25, 0.3) is 5.56 Å². The molecule has 23 heavy (non-hydrogen) atoms. The summed E-state index contributed by atoms with van der Waals surface area (Å²) < 4.78 is 0.924. The van der Waals surface area contributed by atoms with Crippen LogP contribution in [-0.4, -0.2) is 38.0 Å². The molecule has 2 aromatic rings. The molecule has 2 N–H and O–H groups in total. The first-order valence-electron chi connectivity index (χ1n) is 7.28. The first kappa shape index (κ1) is 16.6. The number of amides is 1. The molecule has 0 aliphatic rings. The van der Waals surface area contributed by atoms with Gasteiger partial charge in [0.2, 0.25) is 5.91 Å². The Morgan fingerprint density at radius 2 is 2.04 bits per heavy atom. The van der Waals surface area contributed by atoms with Crippen molar-refractivity contribution in [1.82, 2.24) is 20.3 Å². The molecule has 8 nitrogen and oxygen atoms in total. The van der Waals surface area contributed by atoms with E-state index in [9.17, 15) is 19.5 Å². The predicted molar refractivity (Wildman–Crippen MR) is 82.8 cm³/mol. The van der Waals surface area contributed by atoms with Gasteiger partial charge in [-0.25, -0.2) is 9.48 Å². The van der Waals surface area contributed by atoms with Crippen LogP contribution in [-0.2, 0) is 16.1 Å². The molecule has 2 rings (SSSR count). The van der Waals surface area contributed by atoms with E-state index in [1.165, 1.54) is 0 Å². The zero-order chi connectivity index (χ0) is 17.0. The smallest absolute Gasteiger partial charge is 0.326 e. The van der Waals surface area contributed by atoms with Crippen LogP contribution < -0.4 is 10.9 Å². The highest BCUT2D eigenvalue weighted by atomic mass is 16.4. The summed E-state index contributed by atoms with van der Waals surface area (Å²) in [5, 5.41) is 19.5. The molecule has 1 aromatic heterocycles. The fraction of sp³-hybridized carbons (Fsp3) is 0.400. The minimum Gasteiger partial charge on any atom is -0.480 e. The molecule has 0 saturated carbocycles. The van der Waals surface area contributed by atoms with Crippen LogP contribution in [0, 0.1) is 5.92 Å². The summed E-state index contributed by atoms with van der Waals surface area (Å²) in [6, 6.07) is 5.67. The number of benzene rings is 1. The van der Waals surface area contributed by atoms with Crippen molar-refractivity contribution in [3.05, 3.63) is 34.6 Å². The summed E-state index contributed by atoms with van der Waals surface area (Å²) in [5.74, 6) is -1.93. The Morgan fingerprint density at radius 1 is 1.35 bits per heavy atom. The third-order valence-electron chi connectivity index (χ3n) is 3.72. The van der Waals surface area contributed by atoms with Crippen molar-refractivity contribution in [1.29, 1.82) is 0 Å². The van der Waals surface area contributed by atoms with E-state index in [1.54, 1.807) is 31.2 Å². The molecule has 0 aliphatic carbocycles. The molecule has 0 fully saturated rings. The van der Waals surface area contributed by atoms with E-state index in [0.29, 0.717) is 17.3 Å². The fourth-order valence-electron chi connectivity index (χ4n) is 2.17. The van der Waals surface area contributed by atoms with Gasteiger partial charge in [-0.05, 0) is 18.1 Å². The van der Waals surface area contributed by atoms with Gasteiger partial charge in [0, 0.05) is 0 Å². The predicted octanol–water partition coefficient (Wildman–Crippen LogP) is 0.407. The molecule has 122 valence electrons. The number of hydrogen-bond donors (Lipinski definition) is 2. The average molecular weight is 318 g/mol. The third-order valence-corrected chi connectivity index (χ3v) is 3.72. The topological polar surface area (TPSA) is 114 Å². The molecule has 0 spiro atoms. The summed E-state index contributed by atoms with van der Waals surface area (Å²) in [5.41, 5.74) is -0.00154.